The largest absolute Gasteiger partial charge is 0.472 e. The molecule has 17 nitrogen and oxygen atoms in total. The number of hydrogen-bond donors (Lipinski definition) is 3. The number of unbranched alkanes of at least 4 members (excludes halogenated alkanes) is 32. The first kappa shape index (κ1) is 81.1. The molecular weight excluding hydrogens is 1100 g/mol. The predicted molar refractivity (Wildman–Crippen MR) is 331 cm³/mol. The zero-order valence-corrected chi connectivity index (χ0v) is 55.3. The summed E-state index contributed by atoms with van der Waals surface area (Å²) >= 11 is 0. The van der Waals surface area contributed by atoms with Crippen LogP contribution in [0.4, 0.5) is 0 Å². The van der Waals surface area contributed by atoms with Gasteiger partial charge in [-0.15, -0.1) is 0 Å². The van der Waals surface area contributed by atoms with Crippen LogP contribution in [0.2, 0.25) is 0 Å². The van der Waals surface area contributed by atoms with Crippen LogP contribution >= 0.6 is 15.6 Å². The molecule has 0 rings (SSSR count). The van der Waals surface area contributed by atoms with Crippen LogP contribution in [0.5, 0.6) is 0 Å². The van der Waals surface area contributed by atoms with Crippen molar-refractivity contribution in [3.8, 4) is 0 Å². The first-order valence-corrected chi connectivity index (χ1v) is 36.5. The van der Waals surface area contributed by atoms with Crippen molar-refractivity contribution in [2.45, 2.75) is 336 Å². The number of esters is 4. The second-order valence-corrected chi connectivity index (χ2v) is 26.8. The molecule has 6 atom stereocenters. The molecule has 0 spiro atoms. The van der Waals surface area contributed by atoms with Crippen molar-refractivity contribution in [1.82, 2.24) is 0 Å². The van der Waals surface area contributed by atoms with Gasteiger partial charge in [0, 0.05) is 25.7 Å². The molecule has 19 heteroatoms. The summed E-state index contributed by atoms with van der Waals surface area (Å²) in [5.74, 6) is -0.576. The lowest BCUT2D eigenvalue weighted by Gasteiger charge is -2.21. The van der Waals surface area contributed by atoms with Gasteiger partial charge in [0.05, 0.1) is 26.4 Å². The maximum absolute atomic E-state index is 13.0. The third kappa shape index (κ3) is 57.6. The van der Waals surface area contributed by atoms with E-state index in [0.29, 0.717) is 25.7 Å². The van der Waals surface area contributed by atoms with E-state index in [1.807, 2.05) is 0 Å². The number of carbonyl (C=O) groups is 4. The highest BCUT2D eigenvalue weighted by molar-refractivity contribution is 7.47. The van der Waals surface area contributed by atoms with Gasteiger partial charge < -0.3 is 33.8 Å². The molecule has 492 valence electrons. The second-order valence-electron chi connectivity index (χ2n) is 23.9. The molecule has 0 aromatic rings. The Labute approximate surface area is 505 Å². The number of carbonyl (C=O) groups excluding carboxylic acids is 4. The molecule has 0 bridgehead atoms. The summed E-state index contributed by atoms with van der Waals surface area (Å²) in [5.41, 5.74) is 0. The molecular formula is C64H124O17P2. The van der Waals surface area contributed by atoms with E-state index in [1.165, 1.54) is 116 Å². The van der Waals surface area contributed by atoms with Crippen LogP contribution in [0.15, 0.2) is 0 Å². The Morgan fingerprint density at radius 1 is 0.349 bits per heavy atom. The van der Waals surface area contributed by atoms with Crippen LogP contribution in [-0.2, 0) is 65.4 Å². The lowest BCUT2D eigenvalue weighted by atomic mass is 9.99. The summed E-state index contributed by atoms with van der Waals surface area (Å²) in [4.78, 5) is 72.0. The Hall–Kier alpha value is -1.94. The summed E-state index contributed by atoms with van der Waals surface area (Å²) in [5, 5.41) is 10.5. The molecule has 0 aliphatic rings. The normalized spacial score (nSPS) is 14.6. The van der Waals surface area contributed by atoms with Gasteiger partial charge in [0.2, 0.25) is 0 Å². The fourth-order valence-corrected chi connectivity index (χ4v) is 11.1. The van der Waals surface area contributed by atoms with E-state index in [-0.39, 0.29) is 25.7 Å². The van der Waals surface area contributed by atoms with Crippen LogP contribution in [0.25, 0.3) is 0 Å². The maximum Gasteiger partial charge on any atom is 0.472 e. The Balaban J connectivity index is 5.19. The minimum absolute atomic E-state index is 0.104. The SMILES string of the molecule is CCCCCCCCCCC(=O)O[C@H](COC(=O)CCCCCCCCC)COP(=O)(O)OC[C@H](O)COP(=O)(O)OC[C@@H](COC(=O)CCCCCCCCCCC(C)CC)OC(=O)CCCCCCCCCCCCCCCC(C)C. The number of aliphatic hydroxyl groups is 1. The second kappa shape index (κ2) is 56.6. The van der Waals surface area contributed by atoms with Crippen molar-refractivity contribution < 1.29 is 80.2 Å². The highest BCUT2D eigenvalue weighted by atomic mass is 31.2. The Morgan fingerprint density at radius 2 is 0.614 bits per heavy atom. The fourth-order valence-electron chi connectivity index (χ4n) is 9.50. The average molecular weight is 1230 g/mol. The van der Waals surface area contributed by atoms with Crippen molar-refractivity contribution in [2.24, 2.45) is 11.8 Å². The Kier molecular flexibility index (Phi) is 55.2. The van der Waals surface area contributed by atoms with Crippen molar-refractivity contribution in [1.29, 1.82) is 0 Å². The van der Waals surface area contributed by atoms with E-state index in [1.54, 1.807) is 0 Å². The monoisotopic (exact) mass is 1230 g/mol. The molecule has 0 heterocycles. The van der Waals surface area contributed by atoms with E-state index in [4.69, 9.17) is 37.0 Å². The number of rotatable bonds is 63. The highest BCUT2D eigenvalue weighted by Gasteiger charge is 2.30. The quantitative estimate of drug-likeness (QED) is 0.0222. The van der Waals surface area contributed by atoms with Gasteiger partial charge in [-0.1, -0.05) is 266 Å². The Morgan fingerprint density at radius 3 is 0.916 bits per heavy atom. The van der Waals surface area contributed by atoms with Crippen molar-refractivity contribution in [3.05, 3.63) is 0 Å². The molecule has 0 aromatic carbocycles. The van der Waals surface area contributed by atoms with E-state index in [9.17, 15) is 43.2 Å². The minimum atomic E-state index is -4.94. The lowest BCUT2D eigenvalue weighted by molar-refractivity contribution is -0.161. The van der Waals surface area contributed by atoms with E-state index < -0.39 is 97.5 Å². The maximum atomic E-state index is 13.0. The predicted octanol–water partition coefficient (Wildman–Crippen LogP) is 17.7. The fraction of sp³-hybridized carbons (Fsp3) is 0.938. The summed E-state index contributed by atoms with van der Waals surface area (Å²) in [6, 6.07) is 0. The molecule has 0 radical (unpaired) electrons. The average Bonchev–Trinajstić information content (AvgIpc) is 3.45. The summed E-state index contributed by atoms with van der Waals surface area (Å²) in [6.45, 7) is 9.45. The van der Waals surface area contributed by atoms with Gasteiger partial charge >= 0.3 is 39.5 Å². The minimum Gasteiger partial charge on any atom is -0.462 e. The van der Waals surface area contributed by atoms with Gasteiger partial charge in [-0.2, -0.15) is 0 Å². The first-order chi connectivity index (χ1) is 39.9. The molecule has 0 amide bonds. The summed E-state index contributed by atoms with van der Waals surface area (Å²) < 4.78 is 67.9. The standard InChI is InChI=1S/C64H124O17P2/c1-7-10-12-14-16-29-36-42-48-63(68)80-59(52-74-61(66)46-40-34-26-15-13-11-8-2)54-78-82(70,71)76-50-58(65)51-77-83(72,73)79-55-60(53-75-62(67)47-41-35-30-25-24-28-33-39-45-57(6)9-3)81-64(69)49-43-37-31-23-21-19-17-18-20-22-27-32-38-44-56(4)5/h56-60,65H,7-55H2,1-6H3,(H,70,71)(H,72,73)/t57?,58-,59+,60+/m0/s1. The van der Waals surface area contributed by atoms with Crippen LogP contribution in [0, 0.1) is 11.8 Å². The molecule has 0 fully saturated rings. The molecule has 0 aliphatic carbocycles. The van der Waals surface area contributed by atoms with Gasteiger partial charge in [-0.25, -0.2) is 9.13 Å². The number of aliphatic hydroxyl groups excluding tert-OH is 1. The van der Waals surface area contributed by atoms with E-state index >= 15 is 0 Å². The third-order valence-corrected chi connectivity index (χ3v) is 17.0. The smallest absolute Gasteiger partial charge is 0.462 e. The summed E-state index contributed by atoms with van der Waals surface area (Å²) in [6.07, 6.45) is 39.0. The van der Waals surface area contributed by atoms with Crippen molar-refractivity contribution >= 4 is 39.5 Å². The third-order valence-electron chi connectivity index (χ3n) is 15.1. The van der Waals surface area contributed by atoms with Gasteiger partial charge in [-0.3, -0.25) is 37.3 Å². The lowest BCUT2D eigenvalue weighted by Crippen LogP contribution is -2.30. The highest BCUT2D eigenvalue weighted by Crippen LogP contribution is 2.45. The number of ether oxygens (including phenoxy) is 4. The van der Waals surface area contributed by atoms with Crippen molar-refractivity contribution in [2.75, 3.05) is 39.6 Å². The van der Waals surface area contributed by atoms with E-state index in [2.05, 4.69) is 41.5 Å². The number of hydrogen-bond acceptors (Lipinski definition) is 15. The zero-order chi connectivity index (χ0) is 61.5. The summed E-state index contributed by atoms with van der Waals surface area (Å²) in [7, 11) is -9.88. The topological polar surface area (TPSA) is 237 Å². The molecule has 83 heavy (non-hydrogen) atoms. The van der Waals surface area contributed by atoms with Gasteiger partial charge in [0.15, 0.2) is 12.2 Å². The zero-order valence-electron chi connectivity index (χ0n) is 53.5. The first-order valence-electron chi connectivity index (χ1n) is 33.5. The number of phosphoric acid groups is 2. The molecule has 0 saturated heterocycles. The van der Waals surface area contributed by atoms with Gasteiger partial charge in [0.25, 0.3) is 0 Å². The van der Waals surface area contributed by atoms with Crippen LogP contribution in [0.1, 0.15) is 318 Å². The van der Waals surface area contributed by atoms with Crippen LogP contribution < -0.4 is 0 Å². The number of phosphoric ester groups is 2. The van der Waals surface area contributed by atoms with Crippen molar-refractivity contribution in [3.63, 3.8) is 0 Å². The molecule has 0 saturated carbocycles. The van der Waals surface area contributed by atoms with E-state index in [0.717, 1.165) is 121 Å². The molecule has 3 unspecified atom stereocenters. The van der Waals surface area contributed by atoms with Gasteiger partial charge in [-0.05, 0) is 37.5 Å². The van der Waals surface area contributed by atoms with Crippen LogP contribution in [-0.4, -0.2) is 96.7 Å². The molecule has 3 N–H and O–H groups in total. The van der Waals surface area contributed by atoms with Gasteiger partial charge in [0.1, 0.15) is 19.3 Å². The van der Waals surface area contributed by atoms with Crippen LogP contribution in [0.3, 0.4) is 0 Å². The molecule has 0 aliphatic heterocycles. The molecule has 0 aromatic heterocycles. The Bertz CT molecular complexity index is 1630.